The minimum Gasteiger partial charge on any atom is -0.187 e. The predicted molar refractivity (Wildman–Crippen MR) is 52.2 cm³/mol. The largest absolute Gasteiger partial charge is 0.187 e. The summed E-state index contributed by atoms with van der Waals surface area (Å²) in [4.78, 5) is 0. The maximum atomic E-state index is 2.41. The van der Waals surface area contributed by atoms with Crippen molar-refractivity contribution in [2.75, 3.05) is 33.6 Å². The Balaban J connectivity index is 3.63. The van der Waals surface area contributed by atoms with Crippen LogP contribution in [0.2, 0.25) is 0 Å². The third kappa shape index (κ3) is 3.53. The van der Waals surface area contributed by atoms with Crippen molar-refractivity contribution in [2.24, 2.45) is 0 Å². The summed E-state index contributed by atoms with van der Waals surface area (Å²) in [6.45, 7) is 7.07. The van der Waals surface area contributed by atoms with Gasteiger partial charge in [-0.3, -0.25) is 0 Å². The molecular weight excluding hydrogens is 141 g/mol. The lowest BCUT2D eigenvalue weighted by Gasteiger charge is -2.24. The number of hydrogen-bond acceptors (Lipinski definition) is 1. The van der Waals surface area contributed by atoms with E-state index < -0.39 is 7.41 Å². The van der Waals surface area contributed by atoms with E-state index in [0.29, 0.717) is 0 Å². The van der Waals surface area contributed by atoms with Crippen LogP contribution < -0.4 is 0 Å². The molecule has 0 aliphatic rings. The van der Waals surface area contributed by atoms with Gasteiger partial charge < -0.3 is 0 Å². The minimum atomic E-state index is -0.698. The van der Waals surface area contributed by atoms with Crippen molar-refractivity contribution in [3.63, 3.8) is 0 Å². The second-order valence-corrected chi connectivity index (χ2v) is 8.03. The summed E-state index contributed by atoms with van der Waals surface area (Å²) in [5.41, 5.74) is 0. The molecular formula is C8H21NP+. The van der Waals surface area contributed by atoms with Crippen LogP contribution in [0.3, 0.4) is 0 Å². The summed E-state index contributed by atoms with van der Waals surface area (Å²) in [7, 11) is 3.70. The second-order valence-electron chi connectivity index (χ2n) is 3.55. The van der Waals surface area contributed by atoms with Crippen LogP contribution in [0, 0.1) is 0 Å². The molecule has 0 spiro atoms. The summed E-state index contributed by atoms with van der Waals surface area (Å²) >= 11 is 0. The van der Waals surface area contributed by atoms with E-state index in [-0.39, 0.29) is 0 Å². The standard InChI is InChI=1S/C8H21NP/c1-6-7-8-10(4,5)9(2)3/h6-8H2,1-5H3/q+1. The Labute approximate surface area is 66.2 Å². The molecule has 0 aliphatic heterocycles. The molecule has 10 heavy (non-hydrogen) atoms. The Morgan fingerprint density at radius 2 is 1.70 bits per heavy atom. The van der Waals surface area contributed by atoms with Gasteiger partial charge in [-0.25, -0.2) is 0 Å². The van der Waals surface area contributed by atoms with Crippen molar-refractivity contribution in [1.82, 2.24) is 4.67 Å². The van der Waals surface area contributed by atoms with Crippen LogP contribution in [0.4, 0.5) is 0 Å². The summed E-state index contributed by atoms with van der Waals surface area (Å²) in [5, 5.41) is 0. The molecule has 0 heterocycles. The number of rotatable bonds is 4. The molecule has 0 amide bonds. The molecule has 62 valence electrons. The third-order valence-electron chi connectivity index (χ3n) is 2.14. The SMILES string of the molecule is CCCC[P+](C)(C)N(C)C. The van der Waals surface area contributed by atoms with Gasteiger partial charge >= 0.3 is 0 Å². The number of hydrogen-bond donors (Lipinski definition) is 0. The molecule has 0 rings (SSSR count). The highest BCUT2D eigenvalue weighted by molar-refractivity contribution is 7.72. The molecule has 0 bridgehead atoms. The van der Waals surface area contributed by atoms with Gasteiger partial charge in [0.2, 0.25) is 0 Å². The first-order valence-corrected chi connectivity index (χ1v) is 6.83. The van der Waals surface area contributed by atoms with Crippen LogP contribution >= 0.6 is 7.41 Å². The van der Waals surface area contributed by atoms with E-state index in [9.17, 15) is 0 Å². The van der Waals surface area contributed by atoms with Gasteiger partial charge in [0.15, 0.2) is 0 Å². The lowest BCUT2D eigenvalue weighted by atomic mass is 10.4. The fourth-order valence-electron chi connectivity index (χ4n) is 0.745. The van der Waals surface area contributed by atoms with E-state index in [2.05, 4.69) is 39.0 Å². The number of unbranched alkanes of at least 4 members (excludes halogenated alkanes) is 1. The Hall–Kier alpha value is 0.390. The molecule has 0 radical (unpaired) electrons. The fraction of sp³-hybridized carbons (Fsp3) is 1.00. The molecule has 0 aromatic rings. The van der Waals surface area contributed by atoms with Gasteiger partial charge in [0.05, 0.1) is 26.9 Å². The molecule has 0 saturated heterocycles. The minimum absolute atomic E-state index is 0.698. The Morgan fingerprint density at radius 1 is 1.20 bits per heavy atom. The molecule has 0 aromatic carbocycles. The highest BCUT2D eigenvalue weighted by Gasteiger charge is 2.26. The first-order valence-electron chi connectivity index (χ1n) is 4.01. The normalized spacial score (nSPS) is 12.6. The van der Waals surface area contributed by atoms with Crippen molar-refractivity contribution in [3.8, 4) is 0 Å². The van der Waals surface area contributed by atoms with E-state index in [4.69, 9.17) is 0 Å². The molecule has 2 heteroatoms. The summed E-state index contributed by atoms with van der Waals surface area (Å²) in [6.07, 6.45) is 4.13. The Kier molecular flexibility index (Phi) is 4.47. The van der Waals surface area contributed by atoms with Gasteiger partial charge in [-0.15, -0.1) is 0 Å². The number of nitrogens with zero attached hydrogens (tertiary/aromatic N) is 1. The average Bonchev–Trinajstić information content (AvgIpc) is 1.84. The molecule has 1 nitrogen and oxygen atoms in total. The first-order chi connectivity index (χ1) is 4.50. The lowest BCUT2D eigenvalue weighted by molar-refractivity contribution is 0.660. The van der Waals surface area contributed by atoms with E-state index >= 15 is 0 Å². The topological polar surface area (TPSA) is 3.24 Å². The van der Waals surface area contributed by atoms with Crippen LogP contribution in [0.25, 0.3) is 0 Å². The van der Waals surface area contributed by atoms with E-state index in [0.717, 1.165) is 0 Å². The smallest absolute Gasteiger partial charge is 0.0764 e. The maximum Gasteiger partial charge on any atom is 0.0764 e. The van der Waals surface area contributed by atoms with Crippen LogP contribution in [-0.4, -0.2) is 38.3 Å². The molecule has 0 N–H and O–H groups in total. The predicted octanol–water partition coefficient (Wildman–Crippen LogP) is 2.54. The Bertz CT molecular complexity index is 89.3. The summed E-state index contributed by atoms with van der Waals surface area (Å²) in [6, 6.07) is 0. The van der Waals surface area contributed by atoms with Crippen molar-refractivity contribution < 1.29 is 0 Å². The molecule has 0 unspecified atom stereocenters. The summed E-state index contributed by atoms with van der Waals surface area (Å²) in [5.74, 6) is 0. The van der Waals surface area contributed by atoms with Gasteiger partial charge in [-0.1, -0.05) is 13.3 Å². The third-order valence-corrected chi connectivity index (χ3v) is 5.72. The van der Waals surface area contributed by atoms with Crippen molar-refractivity contribution in [1.29, 1.82) is 0 Å². The fourth-order valence-corrected chi connectivity index (χ4v) is 2.24. The highest BCUT2D eigenvalue weighted by atomic mass is 31.2. The zero-order valence-electron chi connectivity index (χ0n) is 8.02. The monoisotopic (exact) mass is 162 g/mol. The molecule has 0 aromatic heterocycles. The average molecular weight is 162 g/mol. The van der Waals surface area contributed by atoms with Gasteiger partial charge in [0.25, 0.3) is 0 Å². The van der Waals surface area contributed by atoms with Crippen molar-refractivity contribution >= 4 is 7.41 Å². The van der Waals surface area contributed by atoms with Gasteiger partial charge in [0, 0.05) is 14.1 Å². The zero-order chi connectivity index (χ0) is 8.20. The molecule has 0 aliphatic carbocycles. The van der Waals surface area contributed by atoms with Crippen LogP contribution in [0.1, 0.15) is 19.8 Å². The molecule has 0 saturated carbocycles. The lowest BCUT2D eigenvalue weighted by Crippen LogP contribution is -2.15. The van der Waals surface area contributed by atoms with Crippen LogP contribution in [-0.2, 0) is 0 Å². The Morgan fingerprint density at radius 3 is 2.00 bits per heavy atom. The van der Waals surface area contributed by atoms with E-state index in [1.807, 2.05) is 0 Å². The first kappa shape index (κ1) is 10.4. The highest BCUT2D eigenvalue weighted by Crippen LogP contribution is 2.53. The molecule has 0 fully saturated rings. The van der Waals surface area contributed by atoms with Gasteiger partial charge in [-0.05, 0) is 6.42 Å². The van der Waals surface area contributed by atoms with Gasteiger partial charge in [-0.2, -0.15) is 4.67 Å². The van der Waals surface area contributed by atoms with Crippen molar-refractivity contribution in [2.45, 2.75) is 19.8 Å². The maximum absolute atomic E-state index is 2.41. The molecule has 0 atom stereocenters. The zero-order valence-corrected chi connectivity index (χ0v) is 8.91. The van der Waals surface area contributed by atoms with Crippen LogP contribution in [0.15, 0.2) is 0 Å². The van der Waals surface area contributed by atoms with E-state index in [1.54, 1.807) is 0 Å². The quantitative estimate of drug-likeness (QED) is 0.574. The second kappa shape index (κ2) is 4.31. The van der Waals surface area contributed by atoms with Gasteiger partial charge in [0.1, 0.15) is 0 Å². The van der Waals surface area contributed by atoms with E-state index in [1.165, 1.54) is 19.0 Å². The van der Waals surface area contributed by atoms with Crippen LogP contribution in [0.5, 0.6) is 0 Å². The summed E-state index contributed by atoms with van der Waals surface area (Å²) < 4.78 is 2.41. The van der Waals surface area contributed by atoms with Crippen molar-refractivity contribution in [3.05, 3.63) is 0 Å².